The zero-order valence-electron chi connectivity index (χ0n) is 9.29. The summed E-state index contributed by atoms with van der Waals surface area (Å²) < 4.78 is 3.43. The highest BCUT2D eigenvalue weighted by molar-refractivity contribution is 9.10. The molecule has 0 radical (unpaired) electrons. The van der Waals surface area contributed by atoms with Crippen LogP contribution in [0.15, 0.2) is 22.7 Å². The Bertz CT molecular complexity index is 486. The number of para-hydroxylation sites is 1. The van der Waals surface area contributed by atoms with Crippen LogP contribution in [0.3, 0.4) is 0 Å². The van der Waals surface area contributed by atoms with E-state index in [0.29, 0.717) is 6.04 Å². The van der Waals surface area contributed by atoms with Crippen molar-refractivity contribution >= 4 is 27.0 Å². The van der Waals surface area contributed by atoms with Gasteiger partial charge in [0, 0.05) is 16.9 Å². The summed E-state index contributed by atoms with van der Waals surface area (Å²) in [7, 11) is 0. The third-order valence-electron chi connectivity index (χ3n) is 2.57. The molecule has 0 saturated carbocycles. The Labute approximate surface area is 98.4 Å². The van der Waals surface area contributed by atoms with Crippen molar-refractivity contribution in [1.82, 2.24) is 9.55 Å². The van der Waals surface area contributed by atoms with Crippen LogP contribution in [-0.4, -0.2) is 9.55 Å². The van der Waals surface area contributed by atoms with Crippen molar-refractivity contribution in [3.05, 3.63) is 28.5 Å². The second kappa shape index (κ2) is 3.97. The smallest absolute Gasteiger partial charge is 0.109 e. The van der Waals surface area contributed by atoms with Crippen LogP contribution in [-0.2, 0) is 6.42 Å². The summed E-state index contributed by atoms with van der Waals surface area (Å²) in [5.41, 5.74) is 2.29. The first kappa shape index (κ1) is 10.7. The zero-order chi connectivity index (χ0) is 11.0. The van der Waals surface area contributed by atoms with E-state index in [-0.39, 0.29) is 0 Å². The Morgan fingerprint density at radius 1 is 1.40 bits per heavy atom. The number of hydrogen-bond acceptors (Lipinski definition) is 1. The molecule has 1 aromatic heterocycles. The van der Waals surface area contributed by atoms with Gasteiger partial charge >= 0.3 is 0 Å². The Morgan fingerprint density at radius 2 is 2.13 bits per heavy atom. The second-order valence-corrected chi connectivity index (χ2v) is 4.81. The van der Waals surface area contributed by atoms with Gasteiger partial charge in [0.05, 0.1) is 11.0 Å². The molecule has 0 unspecified atom stereocenters. The van der Waals surface area contributed by atoms with Crippen molar-refractivity contribution in [2.45, 2.75) is 33.2 Å². The molecule has 0 spiro atoms. The first-order chi connectivity index (χ1) is 7.15. The Morgan fingerprint density at radius 3 is 2.73 bits per heavy atom. The standard InChI is InChI=1S/C12H15BrN2/c1-4-11-14-10-7-5-6-9(13)12(10)15(11)8(2)3/h5-8H,4H2,1-3H3. The van der Waals surface area contributed by atoms with Crippen LogP contribution < -0.4 is 0 Å². The highest BCUT2D eigenvalue weighted by Gasteiger charge is 2.13. The minimum absolute atomic E-state index is 0.448. The average Bonchev–Trinajstić information content (AvgIpc) is 2.57. The number of imidazole rings is 1. The van der Waals surface area contributed by atoms with Crippen molar-refractivity contribution in [2.75, 3.05) is 0 Å². The third-order valence-corrected chi connectivity index (χ3v) is 3.21. The van der Waals surface area contributed by atoms with Crippen LogP contribution in [0.25, 0.3) is 11.0 Å². The molecule has 0 aliphatic heterocycles. The summed E-state index contributed by atoms with van der Waals surface area (Å²) in [6, 6.07) is 6.62. The van der Waals surface area contributed by atoms with Gasteiger partial charge in [0.25, 0.3) is 0 Å². The van der Waals surface area contributed by atoms with Gasteiger partial charge in [-0.2, -0.15) is 0 Å². The van der Waals surface area contributed by atoms with E-state index >= 15 is 0 Å². The third kappa shape index (κ3) is 1.69. The maximum atomic E-state index is 4.65. The molecule has 0 saturated heterocycles. The lowest BCUT2D eigenvalue weighted by atomic mass is 10.3. The van der Waals surface area contributed by atoms with Gasteiger partial charge in [0.15, 0.2) is 0 Å². The van der Waals surface area contributed by atoms with Crippen LogP contribution in [0.4, 0.5) is 0 Å². The second-order valence-electron chi connectivity index (χ2n) is 3.95. The summed E-state index contributed by atoms with van der Waals surface area (Å²) in [6.07, 6.45) is 0.972. The van der Waals surface area contributed by atoms with Gasteiger partial charge in [-0.25, -0.2) is 4.98 Å². The molecule has 1 aromatic carbocycles. The highest BCUT2D eigenvalue weighted by Crippen LogP contribution is 2.27. The molecule has 0 atom stereocenters. The van der Waals surface area contributed by atoms with Crippen LogP contribution in [0.5, 0.6) is 0 Å². The minimum Gasteiger partial charge on any atom is -0.325 e. The molecule has 0 aliphatic rings. The molecule has 2 nitrogen and oxygen atoms in total. The van der Waals surface area contributed by atoms with Crippen LogP contribution in [0.1, 0.15) is 32.6 Å². The van der Waals surface area contributed by atoms with Crippen molar-refractivity contribution in [1.29, 1.82) is 0 Å². The maximum absolute atomic E-state index is 4.65. The summed E-state index contributed by atoms with van der Waals surface area (Å²) >= 11 is 3.60. The summed E-state index contributed by atoms with van der Waals surface area (Å²) in [6.45, 7) is 6.54. The molecule has 0 amide bonds. The summed E-state index contributed by atoms with van der Waals surface area (Å²) in [4.78, 5) is 4.65. The number of rotatable bonds is 2. The van der Waals surface area contributed by atoms with Gasteiger partial charge in [-0.3, -0.25) is 0 Å². The predicted molar refractivity (Wildman–Crippen MR) is 67.2 cm³/mol. The number of nitrogens with zero attached hydrogens (tertiary/aromatic N) is 2. The van der Waals surface area contributed by atoms with E-state index in [4.69, 9.17) is 0 Å². The molecule has 3 heteroatoms. The van der Waals surface area contributed by atoms with Gasteiger partial charge in [0.2, 0.25) is 0 Å². The van der Waals surface area contributed by atoms with E-state index in [1.807, 2.05) is 6.07 Å². The molecular weight excluding hydrogens is 252 g/mol. The fraction of sp³-hybridized carbons (Fsp3) is 0.417. The number of halogens is 1. The van der Waals surface area contributed by atoms with E-state index in [1.54, 1.807) is 0 Å². The Hall–Kier alpha value is -0.830. The van der Waals surface area contributed by atoms with Crippen molar-refractivity contribution in [3.63, 3.8) is 0 Å². The van der Waals surface area contributed by atoms with E-state index in [1.165, 1.54) is 5.52 Å². The van der Waals surface area contributed by atoms with E-state index in [2.05, 4.69) is 58.4 Å². The molecular formula is C12H15BrN2. The van der Waals surface area contributed by atoms with E-state index in [9.17, 15) is 0 Å². The Kier molecular flexibility index (Phi) is 2.83. The largest absolute Gasteiger partial charge is 0.325 e. The zero-order valence-corrected chi connectivity index (χ0v) is 10.9. The van der Waals surface area contributed by atoms with Gasteiger partial charge in [-0.05, 0) is 41.9 Å². The lowest BCUT2D eigenvalue weighted by Gasteiger charge is -2.12. The van der Waals surface area contributed by atoms with Gasteiger partial charge < -0.3 is 4.57 Å². The molecule has 80 valence electrons. The monoisotopic (exact) mass is 266 g/mol. The molecule has 2 rings (SSSR count). The molecule has 0 aliphatic carbocycles. The molecule has 1 heterocycles. The summed E-state index contributed by atoms with van der Waals surface area (Å²) in [5.74, 6) is 1.16. The quantitative estimate of drug-likeness (QED) is 0.805. The van der Waals surface area contributed by atoms with E-state index in [0.717, 1.165) is 22.2 Å². The first-order valence-corrected chi connectivity index (χ1v) is 6.09. The normalized spacial score (nSPS) is 11.5. The lowest BCUT2D eigenvalue weighted by Crippen LogP contribution is -2.05. The van der Waals surface area contributed by atoms with Gasteiger partial charge in [-0.15, -0.1) is 0 Å². The highest BCUT2D eigenvalue weighted by atomic mass is 79.9. The van der Waals surface area contributed by atoms with Crippen LogP contribution in [0, 0.1) is 0 Å². The molecule has 15 heavy (non-hydrogen) atoms. The molecule has 2 aromatic rings. The average molecular weight is 267 g/mol. The molecule has 0 fully saturated rings. The van der Waals surface area contributed by atoms with Crippen molar-refractivity contribution < 1.29 is 0 Å². The fourth-order valence-electron chi connectivity index (χ4n) is 1.96. The topological polar surface area (TPSA) is 17.8 Å². The lowest BCUT2D eigenvalue weighted by molar-refractivity contribution is 0.587. The number of aryl methyl sites for hydroxylation is 1. The number of benzene rings is 1. The first-order valence-electron chi connectivity index (χ1n) is 5.30. The number of fused-ring (bicyclic) bond motifs is 1. The number of aromatic nitrogens is 2. The minimum atomic E-state index is 0.448. The maximum Gasteiger partial charge on any atom is 0.109 e. The summed E-state index contributed by atoms with van der Waals surface area (Å²) in [5, 5.41) is 0. The van der Waals surface area contributed by atoms with Gasteiger partial charge in [-0.1, -0.05) is 13.0 Å². The van der Waals surface area contributed by atoms with E-state index < -0.39 is 0 Å². The van der Waals surface area contributed by atoms with Crippen LogP contribution >= 0.6 is 15.9 Å². The van der Waals surface area contributed by atoms with Gasteiger partial charge in [0.1, 0.15) is 5.82 Å². The van der Waals surface area contributed by atoms with Crippen molar-refractivity contribution in [3.8, 4) is 0 Å². The fourth-order valence-corrected chi connectivity index (χ4v) is 2.51. The molecule has 0 bridgehead atoms. The Balaban J connectivity index is 2.82. The van der Waals surface area contributed by atoms with Crippen molar-refractivity contribution in [2.24, 2.45) is 0 Å². The predicted octanol–water partition coefficient (Wildman–Crippen LogP) is 3.94. The number of hydrogen-bond donors (Lipinski definition) is 0. The SMILES string of the molecule is CCc1nc2cccc(Br)c2n1C(C)C. The molecule has 0 N–H and O–H groups in total. The van der Waals surface area contributed by atoms with Crippen LogP contribution in [0.2, 0.25) is 0 Å².